The van der Waals surface area contributed by atoms with Gasteiger partial charge in [-0.3, -0.25) is 4.98 Å². The van der Waals surface area contributed by atoms with Crippen LogP contribution in [0, 0.1) is 6.92 Å². The molecule has 1 atom stereocenters. The van der Waals surface area contributed by atoms with Crippen molar-refractivity contribution in [1.29, 1.82) is 0 Å². The third-order valence-electron chi connectivity index (χ3n) is 4.99. The van der Waals surface area contributed by atoms with E-state index in [1.165, 1.54) is 11.1 Å². The zero-order chi connectivity index (χ0) is 20.8. The van der Waals surface area contributed by atoms with Crippen LogP contribution < -0.4 is 10.5 Å². The van der Waals surface area contributed by atoms with Gasteiger partial charge in [0.2, 0.25) is 5.88 Å². The molecule has 0 fully saturated rings. The summed E-state index contributed by atoms with van der Waals surface area (Å²) in [6.07, 6.45) is 6.22. The minimum atomic E-state index is -0.100. The second-order valence-electron chi connectivity index (χ2n) is 7.43. The van der Waals surface area contributed by atoms with Gasteiger partial charge < -0.3 is 10.5 Å². The third kappa shape index (κ3) is 4.91. The van der Waals surface area contributed by atoms with E-state index in [1.807, 2.05) is 42.6 Å². The lowest BCUT2D eigenvalue weighted by Gasteiger charge is -2.15. The monoisotopic (exact) mass is 395 g/mol. The Balaban J connectivity index is 1.58. The van der Waals surface area contributed by atoms with Gasteiger partial charge in [0.1, 0.15) is 6.61 Å². The van der Waals surface area contributed by atoms with Gasteiger partial charge in [0.25, 0.3) is 0 Å². The number of nitrogens with zero attached hydrogens (tertiary/aromatic N) is 2. The molecule has 0 aliphatic rings. The minimum Gasteiger partial charge on any atom is -0.476 e. The first-order chi connectivity index (χ1) is 14.7. The van der Waals surface area contributed by atoms with Crippen molar-refractivity contribution < 1.29 is 4.74 Å². The predicted octanol–water partition coefficient (Wildman–Crippen LogP) is 5.07. The van der Waals surface area contributed by atoms with Crippen molar-refractivity contribution in [3.63, 3.8) is 0 Å². The highest BCUT2D eigenvalue weighted by molar-refractivity contribution is 5.83. The summed E-state index contributed by atoms with van der Waals surface area (Å²) in [5.74, 6) is 0.577. The molecule has 4 nitrogen and oxygen atoms in total. The Morgan fingerprint density at radius 1 is 0.867 bits per heavy atom. The molecule has 150 valence electrons. The molecular weight excluding hydrogens is 370 g/mol. The van der Waals surface area contributed by atoms with Gasteiger partial charge in [0.05, 0.1) is 0 Å². The predicted molar refractivity (Wildman–Crippen MR) is 121 cm³/mol. The van der Waals surface area contributed by atoms with Crippen LogP contribution in [0.2, 0.25) is 0 Å². The van der Waals surface area contributed by atoms with Crippen molar-refractivity contribution in [2.24, 2.45) is 5.73 Å². The van der Waals surface area contributed by atoms with E-state index in [1.54, 1.807) is 12.4 Å². The SMILES string of the molecule is Cc1cccc(-c2cc(OCC(N)Cc3ccccc3)ncc2-c2ccncc2)c1. The summed E-state index contributed by atoms with van der Waals surface area (Å²) in [4.78, 5) is 8.67. The highest BCUT2D eigenvalue weighted by Gasteiger charge is 2.12. The fraction of sp³-hybridized carbons (Fsp3) is 0.154. The molecule has 2 heterocycles. The van der Waals surface area contributed by atoms with E-state index in [9.17, 15) is 0 Å². The largest absolute Gasteiger partial charge is 0.476 e. The molecule has 0 amide bonds. The molecule has 0 radical (unpaired) electrons. The molecule has 0 aliphatic heterocycles. The van der Waals surface area contributed by atoms with Crippen molar-refractivity contribution in [3.05, 3.63) is 103 Å². The summed E-state index contributed by atoms with van der Waals surface area (Å²) < 4.78 is 5.97. The first-order valence-corrected chi connectivity index (χ1v) is 10.1. The molecule has 0 bridgehead atoms. The first-order valence-electron chi connectivity index (χ1n) is 10.1. The van der Waals surface area contributed by atoms with Crippen LogP contribution >= 0.6 is 0 Å². The Kier molecular flexibility index (Phi) is 6.16. The molecule has 4 aromatic rings. The summed E-state index contributed by atoms with van der Waals surface area (Å²) in [7, 11) is 0. The fourth-order valence-corrected chi connectivity index (χ4v) is 3.50. The summed E-state index contributed by atoms with van der Waals surface area (Å²) in [6.45, 7) is 2.50. The van der Waals surface area contributed by atoms with E-state index in [2.05, 4.69) is 53.3 Å². The second-order valence-corrected chi connectivity index (χ2v) is 7.43. The van der Waals surface area contributed by atoms with Gasteiger partial charge in [-0.05, 0) is 47.7 Å². The van der Waals surface area contributed by atoms with Crippen LogP contribution in [0.15, 0.2) is 91.4 Å². The minimum absolute atomic E-state index is 0.100. The first kappa shape index (κ1) is 19.8. The van der Waals surface area contributed by atoms with Crippen LogP contribution in [-0.2, 0) is 6.42 Å². The molecule has 1 unspecified atom stereocenters. The summed E-state index contributed by atoms with van der Waals surface area (Å²) in [5, 5.41) is 0. The van der Waals surface area contributed by atoms with Crippen LogP contribution in [-0.4, -0.2) is 22.6 Å². The Hall–Kier alpha value is -3.50. The molecule has 2 N–H and O–H groups in total. The van der Waals surface area contributed by atoms with E-state index in [4.69, 9.17) is 10.5 Å². The maximum atomic E-state index is 6.28. The van der Waals surface area contributed by atoms with Crippen molar-refractivity contribution in [2.75, 3.05) is 6.61 Å². The number of pyridine rings is 2. The van der Waals surface area contributed by atoms with E-state index < -0.39 is 0 Å². The lowest BCUT2D eigenvalue weighted by Crippen LogP contribution is -2.30. The molecule has 4 rings (SSSR count). The molecule has 0 saturated carbocycles. The number of hydrogen-bond donors (Lipinski definition) is 1. The fourth-order valence-electron chi connectivity index (χ4n) is 3.50. The number of nitrogens with two attached hydrogens (primary N) is 1. The maximum Gasteiger partial charge on any atom is 0.213 e. The second kappa shape index (κ2) is 9.33. The van der Waals surface area contributed by atoms with E-state index >= 15 is 0 Å². The van der Waals surface area contributed by atoms with Gasteiger partial charge in [-0.25, -0.2) is 4.98 Å². The van der Waals surface area contributed by atoms with Gasteiger partial charge in [-0.1, -0.05) is 60.2 Å². The van der Waals surface area contributed by atoms with Crippen molar-refractivity contribution in [2.45, 2.75) is 19.4 Å². The van der Waals surface area contributed by atoms with Crippen molar-refractivity contribution >= 4 is 0 Å². The third-order valence-corrected chi connectivity index (χ3v) is 4.99. The summed E-state index contributed by atoms with van der Waals surface area (Å²) in [6, 6.07) is 24.5. The maximum absolute atomic E-state index is 6.28. The van der Waals surface area contributed by atoms with E-state index in [0.29, 0.717) is 12.5 Å². The molecule has 0 spiro atoms. The highest BCUT2D eigenvalue weighted by Crippen LogP contribution is 2.34. The number of hydrogen-bond acceptors (Lipinski definition) is 4. The Labute approximate surface area is 177 Å². The lowest BCUT2D eigenvalue weighted by molar-refractivity contribution is 0.277. The standard InChI is InChI=1S/C26H25N3O/c1-19-6-5-9-22(14-19)24-16-26(29-17-25(24)21-10-12-28-13-11-21)30-18-23(27)15-20-7-3-2-4-8-20/h2-14,16-17,23H,15,18,27H2,1H3. The molecule has 2 aromatic heterocycles. The Morgan fingerprint density at radius 2 is 1.67 bits per heavy atom. The number of aromatic nitrogens is 2. The van der Waals surface area contributed by atoms with Crippen LogP contribution in [0.25, 0.3) is 22.3 Å². The van der Waals surface area contributed by atoms with Crippen molar-refractivity contribution in [1.82, 2.24) is 9.97 Å². The molecule has 30 heavy (non-hydrogen) atoms. The number of rotatable bonds is 7. The summed E-state index contributed by atoms with van der Waals surface area (Å²) in [5.41, 5.74) is 13.0. The zero-order valence-corrected chi connectivity index (χ0v) is 17.0. The van der Waals surface area contributed by atoms with Gasteiger partial charge in [0, 0.05) is 36.3 Å². The number of ether oxygens (including phenoxy) is 1. The van der Waals surface area contributed by atoms with Crippen LogP contribution in [0.5, 0.6) is 5.88 Å². The summed E-state index contributed by atoms with van der Waals surface area (Å²) >= 11 is 0. The average Bonchev–Trinajstić information content (AvgIpc) is 2.79. The molecular formula is C26H25N3O. The molecule has 0 aliphatic carbocycles. The van der Waals surface area contributed by atoms with Gasteiger partial charge >= 0.3 is 0 Å². The number of aryl methyl sites for hydroxylation is 1. The van der Waals surface area contributed by atoms with Crippen LogP contribution in [0.3, 0.4) is 0 Å². The van der Waals surface area contributed by atoms with Crippen LogP contribution in [0.1, 0.15) is 11.1 Å². The van der Waals surface area contributed by atoms with Gasteiger partial charge in [0.15, 0.2) is 0 Å². The molecule has 0 saturated heterocycles. The average molecular weight is 396 g/mol. The quantitative estimate of drug-likeness (QED) is 0.475. The lowest BCUT2D eigenvalue weighted by atomic mass is 9.96. The Bertz CT molecular complexity index is 1100. The van der Waals surface area contributed by atoms with E-state index in [0.717, 1.165) is 28.7 Å². The van der Waals surface area contributed by atoms with Gasteiger partial charge in [-0.2, -0.15) is 0 Å². The van der Waals surface area contributed by atoms with E-state index in [-0.39, 0.29) is 6.04 Å². The van der Waals surface area contributed by atoms with Gasteiger partial charge in [-0.15, -0.1) is 0 Å². The van der Waals surface area contributed by atoms with Crippen molar-refractivity contribution in [3.8, 4) is 28.1 Å². The highest BCUT2D eigenvalue weighted by atomic mass is 16.5. The zero-order valence-electron chi connectivity index (χ0n) is 17.0. The van der Waals surface area contributed by atoms with Crippen LogP contribution in [0.4, 0.5) is 0 Å². The number of benzene rings is 2. The normalized spacial score (nSPS) is 11.8. The Morgan fingerprint density at radius 3 is 2.43 bits per heavy atom. The molecule has 4 heteroatoms. The topological polar surface area (TPSA) is 61.0 Å². The molecule has 2 aromatic carbocycles. The smallest absolute Gasteiger partial charge is 0.213 e.